The second-order valence-corrected chi connectivity index (χ2v) is 8.55. The maximum Gasteiger partial charge on any atom is 0.177 e. The van der Waals surface area contributed by atoms with E-state index < -0.39 is 5.54 Å². The number of thioether (sulfide) groups is 1. The number of aryl methyl sites for hydroxylation is 1. The van der Waals surface area contributed by atoms with E-state index in [4.69, 9.17) is 5.73 Å². The van der Waals surface area contributed by atoms with Gasteiger partial charge in [0.05, 0.1) is 10.4 Å². The Labute approximate surface area is 149 Å². The monoisotopic (exact) mass is 362 g/mol. The number of hydrogen-bond donors (Lipinski definition) is 1. The van der Waals surface area contributed by atoms with Gasteiger partial charge in [0.25, 0.3) is 0 Å². The van der Waals surface area contributed by atoms with Crippen molar-refractivity contribution >= 4 is 34.0 Å². The summed E-state index contributed by atoms with van der Waals surface area (Å²) in [7, 11) is 0. The standard InChI is InChI=1S/C18H19FN2OS2/c1-11-3-6-16(24-11)15(22)10-12-4-5-14(19)13(9-12)18(2)7-8-23-17(20)21-18/h3-6,9H,7-8,10H2,1-2H3,(H2,20,21)/t18-/m0/s1. The fourth-order valence-corrected chi connectivity index (χ4v) is 4.61. The molecule has 0 amide bonds. The minimum atomic E-state index is -0.669. The molecule has 1 aliphatic heterocycles. The molecule has 3 nitrogen and oxygen atoms in total. The molecule has 2 aromatic rings. The van der Waals surface area contributed by atoms with Gasteiger partial charge in [0, 0.05) is 22.6 Å². The minimum absolute atomic E-state index is 0.0537. The third-order valence-corrected chi connectivity index (χ3v) is 6.02. The summed E-state index contributed by atoms with van der Waals surface area (Å²) in [5, 5.41) is 0.485. The lowest BCUT2D eigenvalue weighted by atomic mass is 9.87. The minimum Gasteiger partial charge on any atom is -0.379 e. The Bertz CT molecular complexity index is 815. The van der Waals surface area contributed by atoms with E-state index >= 15 is 0 Å². The van der Waals surface area contributed by atoms with Crippen molar-refractivity contribution in [2.24, 2.45) is 10.7 Å². The van der Waals surface area contributed by atoms with Crippen LogP contribution in [0.25, 0.3) is 0 Å². The van der Waals surface area contributed by atoms with Crippen LogP contribution in [0.3, 0.4) is 0 Å². The average Bonchev–Trinajstić information content (AvgIpc) is 2.95. The quantitative estimate of drug-likeness (QED) is 0.826. The Morgan fingerprint density at radius 2 is 2.17 bits per heavy atom. The van der Waals surface area contributed by atoms with Crippen molar-refractivity contribution in [3.63, 3.8) is 0 Å². The molecule has 0 saturated heterocycles. The second kappa shape index (κ2) is 6.69. The van der Waals surface area contributed by atoms with Gasteiger partial charge in [-0.1, -0.05) is 17.8 Å². The molecule has 1 atom stereocenters. The first-order chi connectivity index (χ1) is 11.4. The molecule has 126 valence electrons. The molecule has 3 rings (SSSR count). The number of aliphatic imine (C=N–C) groups is 1. The zero-order valence-corrected chi connectivity index (χ0v) is 15.3. The van der Waals surface area contributed by atoms with E-state index in [1.165, 1.54) is 29.2 Å². The Balaban J connectivity index is 1.89. The van der Waals surface area contributed by atoms with Crippen LogP contribution in [0, 0.1) is 12.7 Å². The number of halogens is 1. The van der Waals surface area contributed by atoms with Crippen LogP contribution in [0.2, 0.25) is 0 Å². The van der Waals surface area contributed by atoms with Gasteiger partial charge in [0.1, 0.15) is 5.82 Å². The summed E-state index contributed by atoms with van der Waals surface area (Å²) in [6.45, 7) is 3.87. The fourth-order valence-electron chi connectivity index (χ4n) is 2.83. The number of carbonyl (C=O) groups is 1. The summed E-state index contributed by atoms with van der Waals surface area (Å²) in [4.78, 5) is 18.7. The average molecular weight is 362 g/mol. The molecule has 6 heteroatoms. The topological polar surface area (TPSA) is 55.5 Å². The summed E-state index contributed by atoms with van der Waals surface area (Å²) in [5.74, 6) is 0.560. The predicted octanol–water partition coefficient (Wildman–Crippen LogP) is 4.29. The van der Waals surface area contributed by atoms with E-state index in [-0.39, 0.29) is 18.0 Å². The van der Waals surface area contributed by atoms with Crippen molar-refractivity contribution in [2.75, 3.05) is 5.75 Å². The van der Waals surface area contributed by atoms with Crippen LogP contribution in [0.4, 0.5) is 4.39 Å². The first-order valence-electron chi connectivity index (χ1n) is 7.74. The molecule has 0 radical (unpaired) electrons. The van der Waals surface area contributed by atoms with Crippen LogP contribution in [0.15, 0.2) is 35.3 Å². The van der Waals surface area contributed by atoms with Crippen molar-refractivity contribution in [1.29, 1.82) is 0 Å². The summed E-state index contributed by atoms with van der Waals surface area (Å²) in [6.07, 6.45) is 0.980. The zero-order valence-electron chi connectivity index (χ0n) is 13.6. The second-order valence-electron chi connectivity index (χ2n) is 6.15. The molecule has 1 aromatic carbocycles. The number of Topliss-reactive ketones (excluding diaryl/α,β-unsaturated/α-hetero) is 1. The molecule has 2 N–H and O–H groups in total. The Morgan fingerprint density at radius 1 is 1.38 bits per heavy atom. The van der Waals surface area contributed by atoms with Crippen molar-refractivity contribution in [2.45, 2.75) is 32.2 Å². The lowest BCUT2D eigenvalue weighted by molar-refractivity contribution is 0.0996. The summed E-state index contributed by atoms with van der Waals surface area (Å²) in [5.41, 5.74) is 6.48. The summed E-state index contributed by atoms with van der Waals surface area (Å²) >= 11 is 2.97. The lowest BCUT2D eigenvalue weighted by Gasteiger charge is -2.30. The van der Waals surface area contributed by atoms with E-state index in [2.05, 4.69) is 4.99 Å². The smallest absolute Gasteiger partial charge is 0.177 e. The van der Waals surface area contributed by atoms with Crippen LogP contribution in [-0.2, 0) is 12.0 Å². The highest BCUT2D eigenvalue weighted by molar-refractivity contribution is 8.13. The highest BCUT2D eigenvalue weighted by atomic mass is 32.2. The van der Waals surface area contributed by atoms with Crippen LogP contribution < -0.4 is 5.73 Å². The van der Waals surface area contributed by atoms with Crippen molar-refractivity contribution in [1.82, 2.24) is 0 Å². The van der Waals surface area contributed by atoms with Gasteiger partial charge in [-0.2, -0.15) is 0 Å². The fraction of sp³-hybridized carbons (Fsp3) is 0.333. The van der Waals surface area contributed by atoms with E-state index in [0.29, 0.717) is 10.7 Å². The van der Waals surface area contributed by atoms with Crippen LogP contribution in [0.1, 0.15) is 39.0 Å². The van der Waals surface area contributed by atoms with E-state index in [1.807, 2.05) is 26.0 Å². The molecule has 0 spiro atoms. The van der Waals surface area contributed by atoms with Crippen LogP contribution >= 0.6 is 23.1 Å². The van der Waals surface area contributed by atoms with E-state index in [1.54, 1.807) is 12.1 Å². The van der Waals surface area contributed by atoms with E-state index in [9.17, 15) is 9.18 Å². The van der Waals surface area contributed by atoms with Gasteiger partial charge < -0.3 is 5.73 Å². The number of nitrogens with two attached hydrogens (primary N) is 1. The molecule has 1 aliphatic rings. The molecule has 0 fully saturated rings. The molecule has 0 aliphatic carbocycles. The van der Waals surface area contributed by atoms with Gasteiger partial charge in [-0.15, -0.1) is 11.3 Å². The Kier molecular flexibility index (Phi) is 4.78. The third-order valence-electron chi connectivity index (χ3n) is 4.19. The van der Waals surface area contributed by atoms with Gasteiger partial charge in [-0.05, 0) is 50.1 Å². The number of thiophene rings is 1. The highest BCUT2D eigenvalue weighted by Gasteiger charge is 2.32. The van der Waals surface area contributed by atoms with Gasteiger partial charge in [0.2, 0.25) is 0 Å². The number of rotatable bonds is 4. The maximum absolute atomic E-state index is 14.4. The molecule has 0 unspecified atom stereocenters. The zero-order chi connectivity index (χ0) is 17.3. The molecule has 1 aromatic heterocycles. The predicted molar refractivity (Wildman–Crippen MR) is 99.5 cm³/mol. The molecule has 0 saturated carbocycles. The van der Waals surface area contributed by atoms with Gasteiger partial charge in [-0.3, -0.25) is 9.79 Å². The normalized spacial score (nSPS) is 20.7. The van der Waals surface area contributed by atoms with Crippen LogP contribution in [-0.4, -0.2) is 16.7 Å². The molecule has 0 bridgehead atoms. The third kappa shape index (κ3) is 3.54. The van der Waals surface area contributed by atoms with Gasteiger partial charge >= 0.3 is 0 Å². The molecule has 2 heterocycles. The van der Waals surface area contributed by atoms with Crippen LogP contribution in [0.5, 0.6) is 0 Å². The number of benzene rings is 1. The van der Waals surface area contributed by atoms with Crippen molar-refractivity contribution in [3.8, 4) is 0 Å². The molecular weight excluding hydrogens is 343 g/mol. The highest BCUT2D eigenvalue weighted by Crippen LogP contribution is 2.36. The lowest BCUT2D eigenvalue weighted by Crippen LogP contribution is -2.29. The molecular formula is C18H19FN2OS2. The number of hydrogen-bond acceptors (Lipinski definition) is 5. The first-order valence-corrected chi connectivity index (χ1v) is 9.54. The summed E-state index contributed by atoms with van der Waals surface area (Å²) < 4.78 is 14.4. The SMILES string of the molecule is Cc1ccc(C(=O)Cc2ccc(F)c([C@]3(C)CCSC(N)=N3)c2)s1. The van der Waals surface area contributed by atoms with Gasteiger partial charge in [-0.25, -0.2) is 4.39 Å². The number of ketones is 1. The summed E-state index contributed by atoms with van der Waals surface area (Å²) in [6, 6.07) is 8.64. The number of amidine groups is 1. The Hall–Kier alpha value is -1.66. The van der Waals surface area contributed by atoms with E-state index in [0.717, 1.165) is 27.5 Å². The molecule has 24 heavy (non-hydrogen) atoms. The number of nitrogens with zero attached hydrogens (tertiary/aromatic N) is 1. The van der Waals surface area contributed by atoms with Gasteiger partial charge in [0.15, 0.2) is 11.0 Å². The van der Waals surface area contributed by atoms with Crippen molar-refractivity contribution < 1.29 is 9.18 Å². The number of carbonyl (C=O) groups excluding carboxylic acids is 1. The Morgan fingerprint density at radius 3 is 2.83 bits per heavy atom. The maximum atomic E-state index is 14.4. The largest absolute Gasteiger partial charge is 0.379 e. The first kappa shape index (κ1) is 17.2. The van der Waals surface area contributed by atoms with Crippen molar-refractivity contribution in [3.05, 3.63) is 57.0 Å².